The molecule has 1 atom stereocenters. The smallest absolute Gasteiger partial charge is 0.137 e. The molecule has 2 rings (SSSR count). The molecule has 0 radical (unpaired) electrons. The van der Waals surface area contributed by atoms with Gasteiger partial charge in [0.15, 0.2) is 0 Å². The van der Waals surface area contributed by atoms with Crippen LogP contribution in [0.25, 0.3) is 0 Å². The Bertz CT molecular complexity index is 321. The molecule has 0 spiro atoms. The Morgan fingerprint density at radius 1 is 1.53 bits per heavy atom. The highest BCUT2D eigenvalue weighted by Crippen LogP contribution is 2.16. The van der Waals surface area contributed by atoms with Crippen molar-refractivity contribution in [3.05, 3.63) is 24.0 Å². The van der Waals surface area contributed by atoms with E-state index in [1.54, 1.807) is 6.20 Å². The minimum atomic E-state index is 0.395. The van der Waals surface area contributed by atoms with Gasteiger partial charge in [-0.3, -0.25) is 4.98 Å². The number of pyridine rings is 1. The van der Waals surface area contributed by atoms with Crippen molar-refractivity contribution in [1.82, 2.24) is 10.3 Å². The zero-order chi connectivity index (χ0) is 11.9. The fourth-order valence-corrected chi connectivity index (χ4v) is 1.96. The van der Waals surface area contributed by atoms with E-state index in [-0.39, 0.29) is 0 Å². The van der Waals surface area contributed by atoms with Gasteiger partial charge in [0.2, 0.25) is 0 Å². The maximum atomic E-state index is 5.64. The second kappa shape index (κ2) is 6.57. The van der Waals surface area contributed by atoms with E-state index in [0.29, 0.717) is 12.7 Å². The quantitative estimate of drug-likeness (QED) is 0.817. The van der Waals surface area contributed by atoms with Crippen LogP contribution in [0.15, 0.2) is 18.3 Å². The first-order valence-corrected chi connectivity index (χ1v) is 6.22. The Morgan fingerprint density at radius 2 is 2.47 bits per heavy atom. The van der Waals surface area contributed by atoms with E-state index in [4.69, 9.17) is 9.47 Å². The van der Waals surface area contributed by atoms with Crippen LogP contribution in [-0.2, 0) is 11.3 Å². The maximum absolute atomic E-state index is 5.64. The van der Waals surface area contributed by atoms with Gasteiger partial charge in [-0.2, -0.15) is 0 Å². The summed E-state index contributed by atoms with van der Waals surface area (Å²) in [5.74, 6) is 0.836. The third-order valence-corrected chi connectivity index (χ3v) is 2.89. The van der Waals surface area contributed by atoms with E-state index in [0.717, 1.165) is 31.0 Å². The molecule has 1 unspecified atom stereocenters. The summed E-state index contributed by atoms with van der Waals surface area (Å²) in [5, 5.41) is 3.06. The third-order valence-electron chi connectivity index (χ3n) is 2.89. The van der Waals surface area contributed by atoms with Crippen LogP contribution in [0, 0.1) is 0 Å². The second-order valence-electron chi connectivity index (χ2n) is 4.29. The molecule has 1 aromatic rings. The molecule has 1 aliphatic heterocycles. The van der Waals surface area contributed by atoms with Crippen LogP contribution in [0.1, 0.15) is 25.0 Å². The lowest BCUT2D eigenvalue weighted by atomic mass is 10.2. The normalized spacial score (nSPS) is 19.5. The molecule has 94 valence electrons. The van der Waals surface area contributed by atoms with E-state index in [1.807, 2.05) is 19.2 Å². The lowest BCUT2D eigenvalue weighted by molar-refractivity contribution is 0.0903. The molecule has 0 aliphatic carbocycles. The van der Waals surface area contributed by atoms with Crippen molar-refractivity contribution in [2.45, 2.75) is 31.9 Å². The summed E-state index contributed by atoms with van der Waals surface area (Å²) in [6.07, 6.45) is 5.50. The molecule has 17 heavy (non-hydrogen) atoms. The summed E-state index contributed by atoms with van der Waals surface area (Å²) in [7, 11) is 1.91. The summed E-state index contributed by atoms with van der Waals surface area (Å²) in [4.78, 5) is 4.30. The first-order chi connectivity index (χ1) is 8.38. The number of nitrogens with one attached hydrogen (secondary N) is 1. The van der Waals surface area contributed by atoms with Crippen molar-refractivity contribution in [3.63, 3.8) is 0 Å². The van der Waals surface area contributed by atoms with Crippen molar-refractivity contribution in [2.24, 2.45) is 0 Å². The number of aromatic nitrogens is 1. The van der Waals surface area contributed by atoms with Crippen LogP contribution in [-0.4, -0.2) is 31.3 Å². The Labute approximate surface area is 102 Å². The van der Waals surface area contributed by atoms with Gasteiger partial charge in [0.25, 0.3) is 0 Å². The first kappa shape index (κ1) is 12.3. The highest BCUT2D eigenvalue weighted by atomic mass is 16.5. The Hall–Kier alpha value is -1.13. The summed E-state index contributed by atoms with van der Waals surface area (Å²) >= 11 is 0. The monoisotopic (exact) mass is 236 g/mol. The predicted octanol–water partition coefficient (Wildman–Crippen LogP) is 1.75. The highest BCUT2D eigenvalue weighted by molar-refractivity contribution is 5.19. The van der Waals surface area contributed by atoms with Crippen molar-refractivity contribution < 1.29 is 9.47 Å². The Morgan fingerprint density at radius 3 is 3.12 bits per heavy atom. The van der Waals surface area contributed by atoms with Crippen LogP contribution in [0.5, 0.6) is 5.75 Å². The van der Waals surface area contributed by atoms with Gasteiger partial charge < -0.3 is 14.8 Å². The fourth-order valence-electron chi connectivity index (χ4n) is 1.96. The summed E-state index contributed by atoms with van der Waals surface area (Å²) in [6.45, 7) is 2.40. The largest absolute Gasteiger partial charge is 0.492 e. The SMILES string of the molecule is CNCc1ccc(OCCC2CCCO2)cn1. The third kappa shape index (κ3) is 3.98. The predicted molar refractivity (Wildman–Crippen MR) is 66.1 cm³/mol. The molecule has 1 N–H and O–H groups in total. The lowest BCUT2D eigenvalue weighted by Crippen LogP contribution is -2.11. The molecule has 4 nitrogen and oxygen atoms in total. The van der Waals surface area contributed by atoms with Crippen LogP contribution in [0.3, 0.4) is 0 Å². The molecule has 0 amide bonds. The van der Waals surface area contributed by atoms with Crippen LogP contribution >= 0.6 is 0 Å². The Balaban J connectivity index is 1.70. The summed E-state index contributed by atoms with van der Waals surface area (Å²) < 4.78 is 11.2. The van der Waals surface area contributed by atoms with Gasteiger partial charge in [-0.15, -0.1) is 0 Å². The van der Waals surface area contributed by atoms with Gasteiger partial charge in [0.05, 0.1) is 24.6 Å². The molecule has 1 saturated heterocycles. The summed E-state index contributed by atoms with van der Waals surface area (Å²) in [5.41, 5.74) is 1.03. The number of nitrogens with zero attached hydrogens (tertiary/aromatic N) is 1. The summed E-state index contributed by atoms with van der Waals surface area (Å²) in [6, 6.07) is 3.95. The van der Waals surface area contributed by atoms with E-state index >= 15 is 0 Å². The molecule has 0 bridgehead atoms. The van der Waals surface area contributed by atoms with E-state index < -0.39 is 0 Å². The number of rotatable bonds is 6. The molecule has 1 aromatic heterocycles. The van der Waals surface area contributed by atoms with Gasteiger partial charge in [0, 0.05) is 19.6 Å². The molecule has 0 aromatic carbocycles. The average molecular weight is 236 g/mol. The molecule has 2 heterocycles. The van der Waals surface area contributed by atoms with E-state index in [1.165, 1.54) is 12.8 Å². The van der Waals surface area contributed by atoms with Crippen molar-refractivity contribution in [1.29, 1.82) is 0 Å². The van der Waals surface area contributed by atoms with Crippen LogP contribution in [0.2, 0.25) is 0 Å². The highest BCUT2D eigenvalue weighted by Gasteiger charge is 2.14. The van der Waals surface area contributed by atoms with Gasteiger partial charge in [-0.1, -0.05) is 0 Å². The average Bonchev–Trinajstić information content (AvgIpc) is 2.85. The second-order valence-corrected chi connectivity index (χ2v) is 4.29. The van der Waals surface area contributed by atoms with Crippen LogP contribution in [0.4, 0.5) is 0 Å². The topological polar surface area (TPSA) is 43.4 Å². The van der Waals surface area contributed by atoms with E-state index in [9.17, 15) is 0 Å². The van der Waals surface area contributed by atoms with Gasteiger partial charge >= 0.3 is 0 Å². The molecule has 0 saturated carbocycles. The van der Waals surface area contributed by atoms with E-state index in [2.05, 4.69) is 10.3 Å². The molecular formula is C13H20N2O2. The number of hydrogen-bond donors (Lipinski definition) is 1. The standard InChI is InChI=1S/C13H20N2O2/c1-14-9-11-4-5-13(10-15-11)17-8-6-12-3-2-7-16-12/h4-5,10,12,14H,2-3,6-9H2,1H3. The minimum Gasteiger partial charge on any atom is -0.492 e. The van der Waals surface area contributed by atoms with Gasteiger partial charge in [0.1, 0.15) is 5.75 Å². The zero-order valence-electron chi connectivity index (χ0n) is 10.3. The lowest BCUT2D eigenvalue weighted by Gasteiger charge is -2.10. The minimum absolute atomic E-state index is 0.395. The maximum Gasteiger partial charge on any atom is 0.137 e. The molecule has 4 heteroatoms. The molecule has 1 aliphatic rings. The zero-order valence-corrected chi connectivity index (χ0v) is 10.3. The fraction of sp³-hybridized carbons (Fsp3) is 0.615. The number of hydrogen-bond acceptors (Lipinski definition) is 4. The van der Waals surface area contributed by atoms with Gasteiger partial charge in [-0.05, 0) is 32.0 Å². The molecule has 1 fully saturated rings. The van der Waals surface area contributed by atoms with Crippen molar-refractivity contribution >= 4 is 0 Å². The van der Waals surface area contributed by atoms with Crippen LogP contribution < -0.4 is 10.1 Å². The van der Waals surface area contributed by atoms with Crippen molar-refractivity contribution in [2.75, 3.05) is 20.3 Å². The number of ether oxygens (including phenoxy) is 2. The molecular weight excluding hydrogens is 216 g/mol. The van der Waals surface area contributed by atoms with Gasteiger partial charge in [-0.25, -0.2) is 0 Å². The van der Waals surface area contributed by atoms with Crippen molar-refractivity contribution in [3.8, 4) is 5.75 Å². The Kier molecular flexibility index (Phi) is 4.76. The first-order valence-electron chi connectivity index (χ1n) is 6.22.